The second-order valence-electron chi connectivity index (χ2n) is 5.55. The smallest absolute Gasteiger partial charge is 0.491 e. The SMILES string of the molecule is NCCCOc1ccc2c(c1)CC[C@H]2CC(=O)OC(=O)C(F)(F)F. The molecular formula is C16H18F3NO4. The van der Waals surface area contributed by atoms with Crippen LogP contribution >= 0.6 is 0 Å². The third kappa shape index (κ3) is 4.70. The van der Waals surface area contributed by atoms with Gasteiger partial charge in [0.2, 0.25) is 0 Å². The minimum absolute atomic E-state index is 0.258. The van der Waals surface area contributed by atoms with Gasteiger partial charge < -0.3 is 15.2 Å². The number of esters is 2. The van der Waals surface area contributed by atoms with Gasteiger partial charge in [-0.15, -0.1) is 0 Å². The highest BCUT2D eigenvalue weighted by Gasteiger charge is 2.42. The summed E-state index contributed by atoms with van der Waals surface area (Å²) in [5.74, 6) is -3.21. The van der Waals surface area contributed by atoms with Gasteiger partial charge in [0, 0.05) is 0 Å². The van der Waals surface area contributed by atoms with Gasteiger partial charge in [-0.2, -0.15) is 13.2 Å². The van der Waals surface area contributed by atoms with Gasteiger partial charge in [-0.3, -0.25) is 4.79 Å². The average molecular weight is 345 g/mol. The van der Waals surface area contributed by atoms with Gasteiger partial charge in [0.05, 0.1) is 13.0 Å². The standard InChI is InChI=1S/C16H18F3NO4/c17-16(18,19)15(22)24-14(21)9-11-3-2-10-8-12(4-5-13(10)11)23-7-1-6-20/h4-5,8,11H,1-3,6-7,9,20H2/t11-/m0/s1. The molecule has 0 radical (unpaired) electrons. The number of rotatable bonds is 6. The lowest BCUT2D eigenvalue weighted by Gasteiger charge is -2.12. The summed E-state index contributed by atoms with van der Waals surface area (Å²) in [5.41, 5.74) is 7.25. The number of benzene rings is 1. The lowest BCUT2D eigenvalue weighted by molar-refractivity contribution is -0.202. The normalized spacial score (nSPS) is 16.6. The van der Waals surface area contributed by atoms with Crippen LogP contribution in [0.3, 0.4) is 0 Å². The van der Waals surface area contributed by atoms with Crippen molar-refractivity contribution in [3.63, 3.8) is 0 Å². The molecule has 0 heterocycles. The summed E-state index contributed by atoms with van der Waals surface area (Å²) in [6.07, 6.45) is -3.40. The number of carbonyl (C=O) groups is 2. The molecule has 0 aliphatic heterocycles. The van der Waals surface area contributed by atoms with Crippen LogP contribution in [0.2, 0.25) is 0 Å². The molecule has 24 heavy (non-hydrogen) atoms. The molecule has 0 aromatic heterocycles. The van der Waals surface area contributed by atoms with Crippen LogP contribution in [0.1, 0.15) is 36.3 Å². The van der Waals surface area contributed by atoms with Crippen molar-refractivity contribution in [2.24, 2.45) is 5.73 Å². The molecule has 0 fully saturated rings. The van der Waals surface area contributed by atoms with E-state index in [1.54, 1.807) is 12.1 Å². The van der Waals surface area contributed by atoms with Crippen molar-refractivity contribution in [3.8, 4) is 5.75 Å². The number of fused-ring (bicyclic) bond motifs is 1. The predicted molar refractivity (Wildman–Crippen MR) is 78.4 cm³/mol. The summed E-state index contributed by atoms with van der Waals surface area (Å²) in [7, 11) is 0. The van der Waals surface area contributed by atoms with Gasteiger partial charge in [0.1, 0.15) is 5.75 Å². The predicted octanol–water partition coefficient (Wildman–Crippen LogP) is 2.47. The van der Waals surface area contributed by atoms with Crippen molar-refractivity contribution < 1.29 is 32.2 Å². The lowest BCUT2D eigenvalue weighted by atomic mass is 9.98. The number of ether oxygens (including phenoxy) is 2. The van der Waals surface area contributed by atoms with Gasteiger partial charge in [-0.25, -0.2) is 4.79 Å². The molecule has 0 saturated heterocycles. The molecule has 0 unspecified atom stereocenters. The van der Waals surface area contributed by atoms with Crippen LogP contribution < -0.4 is 10.5 Å². The van der Waals surface area contributed by atoms with Gasteiger partial charge >= 0.3 is 18.1 Å². The summed E-state index contributed by atoms with van der Waals surface area (Å²) in [4.78, 5) is 22.2. The summed E-state index contributed by atoms with van der Waals surface area (Å²) >= 11 is 0. The Morgan fingerprint density at radius 2 is 2.04 bits per heavy atom. The van der Waals surface area contributed by atoms with Crippen molar-refractivity contribution in [1.82, 2.24) is 0 Å². The molecule has 1 aromatic rings. The summed E-state index contributed by atoms with van der Waals surface area (Å²) in [5, 5.41) is 0. The summed E-state index contributed by atoms with van der Waals surface area (Å²) < 4.78 is 45.6. The third-order valence-electron chi connectivity index (χ3n) is 3.78. The summed E-state index contributed by atoms with van der Waals surface area (Å²) in [6.45, 7) is 1.04. The molecule has 1 aromatic carbocycles. The third-order valence-corrected chi connectivity index (χ3v) is 3.78. The first-order valence-corrected chi connectivity index (χ1v) is 7.58. The molecule has 132 valence electrons. The maximum absolute atomic E-state index is 12.1. The molecule has 1 aliphatic carbocycles. The molecule has 5 nitrogen and oxygen atoms in total. The zero-order valence-corrected chi connectivity index (χ0v) is 12.9. The van der Waals surface area contributed by atoms with Crippen molar-refractivity contribution in [3.05, 3.63) is 29.3 Å². The number of halogens is 3. The fraction of sp³-hybridized carbons (Fsp3) is 0.500. The van der Waals surface area contributed by atoms with Crippen LogP contribution in [0.25, 0.3) is 0 Å². The Morgan fingerprint density at radius 1 is 1.29 bits per heavy atom. The van der Waals surface area contributed by atoms with Crippen LogP contribution in [-0.2, 0) is 20.7 Å². The maximum Gasteiger partial charge on any atom is 0.491 e. The minimum Gasteiger partial charge on any atom is -0.494 e. The first kappa shape index (κ1) is 18.3. The van der Waals surface area contributed by atoms with E-state index in [1.807, 2.05) is 6.07 Å². The van der Waals surface area contributed by atoms with E-state index in [4.69, 9.17) is 10.5 Å². The number of alkyl halides is 3. The van der Waals surface area contributed by atoms with Crippen LogP contribution in [0.4, 0.5) is 13.2 Å². The van der Waals surface area contributed by atoms with E-state index in [2.05, 4.69) is 4.74 Å². The van der Waals surface area contributed by atoms with Crippen LogP contribution in [0.15, 0.2) is 18.2 Å². The Bertz CT molecular complexity index is 616. The van der Waals surface area contributed by atoms with Crippen molar-refractivity contribution in [2.75, 3.05) is 13.2 Å². The van der Waals surface area contributed by atoms with E-state index >= 15 is 0 Å². The molecule has 2 rings (SSSR count). The molecule has 8 heteroatoms. The largest absolute Gasteiger partial charge is 0.494 e. The minimum atomic E-state index is -5.17. The van der Waals surface area contributed by atoms with Gasteiger partial charge in [-0.1, -0.05) is 6.07 Å². The topological polar surface area (TPSA) is 78.6 Å². The fourth-order valence-electron chi connectivity index (χ4n) is 2.66. The van der Waals surface area contributed by atoms with E-state index in [9.17, 15) is 22.8 Å². The van der Waals surface area contributed by atoms with Crippen LogP contribution in [0.5, 0.6) is 5.75 Å². The zero-order valence-electron chi connectivity index (χ0n) is 12.9. The molecule has 2 N–H and O–H groups in total. The number of hydrogen-bond donors (Lipinski definition) is 1. The molecule has 1 atom stereocenters. The molecule has 0 amide bonds. The first-order valence-electron chi connectivity index (χ1n) is 7.58. The van der Waals surface area contributed by atoms with Gasteiger partial charge in [0.25, 0.3) is 0 Å². The van der Waals surface area contributed by atoms with E-state index in [1.165, 1.54) is 0 Å². The molecular weight excluding hydrogens is 327 g/mol. The van der Waals surface area contributed by atoms with E-state index in [0.717, 1.165) is 17.5 Å². The van der Waals surface area contributed by atoms with Crippen molar-refractivity contribution in [2.45, 2.75) is 37.8 Å². The molecule has 0 saturated carbocycles. The zero-order chi connectivity index (χ0) is 17.7. The van der Waals surface area contributed by atoms with Gasteiger partial charge in [0.15, 0.2) is 0 Å². The molecule has 0 bridgehead atoms. The monoisotopic (exact) mass is 345 g/mol. The first-order chi connectivity index (χ1) is 11.3. The number of aryl methyl sites for hydroxylation is 1. The average Bonchev–Trinajstić information content (AvgIpc) is 2.89. The molecule has 0 spiro atoms. The molecule has 1 aliphatic rings. The Morgan fingerprint density at radius 3 is 2.71 bits per heavy atom. The van der Waals surface area contributed by atoms with Crippen molar-refractivity contribution in [1.29, 1.82) is 0 Å². The van der Waals surface area contributed by atoms with Crippen molar-refractivity contribution >= 4 is 11.9 Å². The number of hydrogen-bond acceptors (Lipinski definition) is 5. The Hall–Kier alpha value is -2.09. The highest BCUT2D eigenvalue weighted by Crippen LogP contribution is 2.37. The van der Waals surface area contributed by atoms with Crippen LogP contribution in [-0.4, -0.2) is 31.3 Å². The Balaban J connectivity index is 1.94. The fourth-order valence-corrected chi connectivity index (χ4v) is 2.66. The van der Waals surface area contributed by atoms with E-state index in [0.29, 0.717) is 31.7 Å². The number of nitrogens with two attached hydrogens (primary N) is 1. The lowest BCUT2D eigenvalue weighted by Crippen LogP contribution is -2.28. The quantitative estimate of drug-likeness (QED) is 0.487. The second kappa shape index (κ2) is 7.65. The van der Waals surface area contributed by atoms with Gasteiger partial charge in [-0.05, 0) is 55.0 Å². The number of carbonyl (C=O) groups excluding carboxylic acids is 2. The summed E-state index contributed by atoms with van der Waals surface area (Å²) in [6, 6.07) is 5.40. The Labute approximate surface area is 136 Å². The second-order valence-corrected chi connectivity index (χ2v) is 5.55. The van der Waals surface area contributed by atoms with E-state index in [-0.39, 0.29) is 12.3 Å². The maximum atomic E-state index is 12.1. The van der Waals surface area contributed by atoms with E-state index < -0.39 is 18.1 Å². The Kier molecular flexibility index (Phi) is 5.82. The highest BCUT2D eigenvalue weighted by molar-refractivity contribution is 5.88. The highest BCUT2D eigenvalue weighted by atomic mass is 19.4. The van der Waals surface area contributed by atoms with Crippen LogP contribution in [0, 0.1) is 0 Å².